The fourth-order valence-corrected chi connectivity index (χ4v) is 2.51. The highest BCUT2D eigenvalue weighted by Gasteiger charge is 2.31. The van der Waals surface area contributed by atoms with Crippen molar-refractivity contribution in [1.82, 2.24) is 10.3 Å². The number of halogens is 1. The normalized spacial score (nSPS) is 14.7. The SMILES string of the molecule is CCCNCc1cc(F)cnc1N(CCC(C)C)C1CC1. The predicted molar refractivity (Wildman–Crippen MR) is 86.0 cm³/mol. The Kier molecular flexibility index (Phi) is 5.97. The molecule has 1 saturated carbocycles. The first-order valence-corrected chi connectivity index (χ1v) is 8.23. The summed E-state index contributed by atoms with van der Waals surface area (Å²) in [5, 5.41) is 3.36. The zero-order valence-electron chi connectivity index (χ0n) is 13.5. The van der Waals surface area contributed by atoms with Crippen LogP contribution in [-0.4, -0.2) is 24.1 Å². The summed E-state index contributed by atoms with van der Waals surface area (Å²) >= 11 is 0. The van der Waals surface area contributed by atoms with Crippen LogP contribution in [-0.2, 0) is 6.54 Å². The Labute approximate surface area is 127 Å². The number of rotatable bonds is 9. The van der Waals surface area contributed by atoms with Crippen LogP contribution in [0.2, 0.25) is 0 Å². The van der Waals surface area contributed by atoms with Crippen LogP contribution in [0.25, 0.3) is 0 Å². The second-order valence-electron chi connectivity index (χ2n) is 6.42. The molecule has 0 saturated heterocycles. The zero-order valence-corrected chi connectivity index (χ0v) is 13.5. The molecule has 0 bridgehead atoms. The fourth-order valence-electron chi connectivity index (χ4n) is 2.51. The fraction of sp³-hybridized carbons (Fsp3) is 0.706. The molecule has 21 heavy (non-hydrogen) atoms. The van der Waals surface area contributed by atoms with Gasteiger partial charge >= 0.3 is 0 Å². The number of aromatic nitrogens is 1. The van der Waals surface area contributed by atoms with Gasteiger partial charge in [0.1, 0.15) is 11.6 Å². The molecule has 1 heterocycles. The molecule has 0 unspecified atom stereocenters. The molecule has 2 rings (SSSR count). The van der Waals surface area contributed by atoms with E-state index in [1.54, 1.807) is 6.07 Å². The third-order valence-corrected chi connectivity index (χ3v) is 3.86. The second-order valence-corrected chi connectivity index (χ2v) is 6.42. The zero-order chi connectivity index (χ0) is 15.2. The van der Waals surface area contributed by atoms with Crippen LogP contribution in [0, 0.1) is 11.7 Å². The lowest BCUT2D eigenvalue weighted by molar-refractivity contribution is 0.563. The van der Waals surface area contributed by atoms with E-state index < -0.39 is 0 Å². The van der Waals surface area contributed by atoms with Crippen LogP contribution < -0.4 is 10.2 Å². The number of anilines is 1. The summed E-state index contributed by atoms with van der Waals surface area (Å²) < 4.78 is 13.5. The van der Waals surface area contributed by atoms with Gasteiger partial charge in [0.2, 0.25) is 0 Å². The number of nitrogens with zero attached hydrogens (tertiary/aromatic N) is 2. The molecule has 1 aromatic rings. The minimum absolute atomic E-state index is 0.244. The lowest BCUT2D eigenvalue weighted by atomic mass is 10.1. The molecule has 4 heteroatoms. The summed E-state index contributed by atoms with van der Waals surface area (Å²) in [5.74, 6) is 1.41. The summed E-state index contributed by atoms with van der Waals surface area (Å²) in [5.41, 5.74) is 0.985. The van der Waals surface area contributed by atoms with Crippen LogP contribution >= 0.6 is 0 Å². The molecule has 1 N–H and O–H groups in total. The van der Waals surface area contributed by atoms with E-state index >= 15 is 0 Å². The average molecular weight is 293 g/mol. The topological polar surface area (TPSA) is 28.2 Å². The summed E-state index contributed by atoms with van der Waals surface area (Å²) in [6.07, 6.45) is 6.05. The van der Waals surface area contributed by atoms with Crippen molar-refractivity contribution < 1.29 is 4.39 Å². The number of hydrogen-bond acceptors (Lipinski definition) is 3. The van der Waals surface area contributed by atoms with Crippen molar-refractivity contribution in [3.8, 4) is 0 Å². The van der Waals surface area contributed by atoms with E-state index in [9.17, 15) is 4.39 Å². The Morgan fingerprint density at radius 1 is 1.43 bits per heavy atom. The van der Waals surface area contributed by atoms with Crippen molar-refractivity contribution >= 4 is 5.82 Å². The first-order valence-electron chi connectivity index (χ1n) is 8.23. The largest absolute Gasteiger partial charge is 0.353 e. The third kappa shape index (κ3) is 4.95. The van der Waals surface area contributed by atoms with Crippen LogP contribution in [0.1, 0.15) is 52.0 Å². The van der Waals surface area contributed by atoms with E-state index in [0.717, 1.165) is 37.3 Å². The molecule has 0 radical (unpaired) electrons. The quantitative estimate of drug-likeness (QED) is 0.703. The molecule has 118 valence electrons. The second kappa shape index (κ2) is 7.74. The molecule has 0 atom stereocenters. The Bertz CT molecular complexity index is 444. The van der Waals surface area contributed by atoms with Gasteiger partial charge in [-0.25, -0.2) is 9.37 Å². The molecule has 1 aromatic heterocycles. The molecule has 1 fully saturated rings. The molecular formula is C17H28FN3. The Hall–Kier alpha value is -1.16. The van der Waals surface area contributed by atoms with E-state index in [-0.39, 0.29) is 5.82 Å². The van der Waals surface area contributed by atoms with Crippen LogP contribution in [0.15, 0.2) is 12.3 Å². The summed E-state index contributed by atoms with van der Waals surface area (Å²) in [7, 11) is 0. The Morgan fingerprint density at radius 3 is 2.81 bits per heavy atom. The van der Waals surface area contributed by atoms with Crippen LogP contribution in [0.4, 0.5) is 10.2 Å². The van der Waals surface area contributed by atoms with Gasteiger partial charge in [0.15, 0.2) is 0 Å². The first kappa shape index (κ1) is 16.2. The minimum atomic E-state index is -0.244. The van der Waals surface area contributed by atoms with Gasteiger partial charge in [-0.15, -0.1) is 0 Å². The van der Waals surface area contributed by atoms with Crippen molar-refractivity contribution in [3.05, 3.63) is 23.6 Å². The predicted octanol–water partition coefficient (Wildman–Crippen LogP) is 3.74. The molecular weight excluding hydrogens is 265 g/mol. The van der Waals surface area contributed by atoms with Gasteiger partial charge in [0.05, 0.1) is 6.20 Å². The highest BCUT2D eigenvalue weighted by Crippen LogP contribution is 2.33. The van der Waals surface area contributed by atoms with Crippen LogP contribution in [0.3, 0.4) is 0 Å². The first-order chi connectivity index (χ1) is 10.1. The van der Waals surface area contributed by atoms with Gasteiger partial charge < -0.3 is 10.2 Å². The minimum Gasteiger partial charge on any atom is -0.353 e. The summed E-state index contributed by atoms with van der Waals surface area (Å²) in [6, 6.07) is 2.24. The standard InChI is InChI=1S/C17H28FN3/c1-4-8-19-11-14-10-15(18)12-20-17(14)21(16-5-6-16)9-7-13(2)3/h10,12-13,16,19H,4-9,11H2,1-3H3. The van der Waals surface area contributed by atoms with Gasteiger partial charge in [-0.3, -0.25) is 0 Å². The maximum absolute atomic E-state index is 13.5. The van der Waals surface area contributed by atoms with Gasteiger partial charge in [0, 0.05) is 24.7 Å². The van der Waals surface area contributed by atoms with Crippen molar-refractivity contribution in [3.63, 3.8) is 0 Å². The van der Waals surface area contributed by atoms with Crippen molar-refractivity contribution in [2.24, 2.45) is 5.92 Å². The van der Waals surface area contributed by atoms with Crippen molar-refractivity contribution in [1.29, 1.82) is 0 Å². The Balaban J connectivity index is 2.13. The number of nitrogens with one attached hydrogen (secondary N) is 1. The third-order valence-electron chi connectivity index (χ3n) is 3.86. The highest BCUT2D eigenvalue weighted by atomic mass is 19.1. The maximum atomic E-state index is 13.5. The van der Waals surface area contributed by atoms with E-state index in [2.05, 4.69) is 36.0 Å². The smallest absolute Gasteiger partial charge is 0.141 e. The molecule has 0 spiro atoms. The highest BCUT2D eigenvalue weighted by molar-refractivity contribution is 5.49. The molecule has 3 nitrogen and oxygen atoms in total. The number of pyridine rings is 1. The van der Waals surface area contributed by atoms with E-state index in [1.165, 1.54) is 19.0 Å². The molecule has 0 aromatic carbocycles. The average Bonchev–Trinajstić information content (AvgIpc) is 3.25. The lowest BCUT2D eigenvalue weighted by Crippen LogP contribution is -2.30. The van der Waals surface area contributed by atoms with Gasteiger partial charge in [0.25, 0.3) is 0 Å². The van der Waals surface area contributed by atoms with E-state index in [0.29, 0.717) is 18.5 Å². The van der Waals surface area contributed by atoms with Gasteiger partial charge in [-0.2, -0.15) is 0 Å². The van der Waals surface area contributed by atoms with Crippen LogP contribution in [0.5, 0.6) is 0 Å². The van der Waals surface area contributed by atoms with Gasteiger partial charge in [-0.1, -0.05) is 20.8 Å². The van der Waals surface area contributed by atoms with E-state index in [1.807, 2.05) is 0 Å². The van der Waals surface area contributed by atoms with E-state index in [4.69, 9.17) is 0 Å². The van der Waals surface area contributed by atoms with Crippen molar-refractivity contribution in [2.75, 3.05) is 18.0 Å². The van der Waals surface area contributed by atoms with Crippen molar-refractivity contribution in [2.45, 2.75) is 59.0 Å². The molecule has 1 aliphatic carbocycles. The summed E-state index contributed by atoms with van der Waals surface area (Å²) in [4.78, 5) is 6.80. The monoisotopic (exact) mass is 293 g/mol. The lowest BCUT2D eigenvalue weighted by Gasteiger charge is -2.27. The summed E-state index contributed by atoms with van der Waals surface area (Å²) in [6.45, 7) is 9.28. The molecule has 0 amide bonds. The Morgan fingerprint density at radius 2 is 2.19 bits per heavy atom. The molecule has 0 aliphatic heterocycles. The maximum Gasteiger partial charge on any atom is 0.141 e. The van der Waals surface area contributed by atoms with Gasteiger partial charge in [-0.05, 0) is 44.2 Å². The molecule has 1 aliphatic rings. The number of hydrogen-bond donors (Lipinski definition) is 1.